The Balaban J connectivity index is 2.22. The Kier molecular flexibility index (Phi) is 4.46. The Labute approximate surface area is 124 Å². The number of carbonyl (C=O) groups excluding carboxylic acids is 1. The summed E-state index contributed by atoms with van der Waals surface area (Å²) in [5.74, 6) is 0.200. The average molecular weight is 288 g/mol. The van der Waals surface area contributed by atoms with Crippen molar-refractivity contribution in [3.8, 4) is 0 Å². The fourth-order valence-electron chi connectivity index (χ4n) is 2.02. The molecule has 0 saturated heterocycles. The maximum absolute atomic E-state index is 12.3. The van der Waals surface area contributed by atoms with Crippen LogP contribution in [0.5, 0.6) is 0 Å². The molecule has 0 aromatic heterocycles. The molecule has 0 aliphatic carbocycles. The fourth-order valence-corrected chi connectivity index (χ4v) is 2.24. The van der Waals surface area contributed by atoms with Gasteiger partial charge in [-0.05, 0) is 31.5 Å². The molecule has 2 rings (SSSR count). The van der Waals surface area contributed by atoms with Gasteiger partial charge < -0.3 is 5.32 Å². The smallest absolute Gasteiger partial charge is 0.252 e. The molecule has 0 bridgehead atoms. The molecule has 20 heavy (non-hydrogen) atoms. The van der Waals surface area contributed by atoms with Crippen LogP contribution in [-0.2, 0) is 5.54 Å². The van der Waals surface area contributed by atoms with Crippen molar-refractivity contribution < 1.29 is 4.79 Å². The molecule has 1 unspecified atom stereocenters. The number of benzene rings is 2. The first-order valence-corrected chi connectivity index (χ1v) is 7.09. The van der Waals surface area contributed by atoms with Crippen LogP contribution in [0.1, 0.15) is 28.4 Å². The first-order valence-electron chi connectivity index (χ1n) is 6.56. The van der Waals surface area contributed by atoms with Crippen LogP contribution in [-0.4, -0.2) is 11.8 Å². The first kappa shape index (κ1) is 14.6. The number of hydrogen-bond donors (Lipinski definition) is 1. The number of rotatable bonds is 4. The molecule has 1 amide bonds. The van der Waals surface area contributed by atoms with Gasteiger partial charge in [0.2, 0.25) is 0 Å². The molecular formula is C17H18ClNO. The van der Waals surface area contributed by atoms with Crippen molar-refractivity contribution in [2.75, 3.05) is 5.88 Å². The van der Waals surface area contributed by atoms with Crippen LogP contribution < -0.4 is 5.32 Å². The maximum Gasteiger partial charge on any atom is 0.252 e. The van der Waals surface area contributed by atoms with E-state index in [4.69, 9.17) is 11.6 Å². The van der Waals surface area contributed by atoms with E-state index in [1.807, 2.05) is 68.4 Å². The minimum Gasteiger partial charge on any atom is -0.342 e. The zero-order valence-corrected chi connectivity index (χ0v) is 12.4. The van der Waals surface area contributed by atoms with Crippen LogP contribution in [0.15, 0.2) is 54.6 Å². The van der Waals surface area contributed by atoms with Crippen molar-refractivity contribution in [2.45, 2.75) is 19.4 Å². The van der Waals surface area contributed by atoms with E-state index in [2.05, 4.69) is 5.32 Å². The van der Waals surface area contributed by atoms with E-state index in [-0.39, 0.29) is 5.91 Å². The number of aryl methyl sites for hydroxylation is 1. The molecule has 1 N–H and O–H groups in total. The summed E-state index contributed by atoms with van der Waals surface area (Å²) in [6.07, 6.45) is 0. The van der Waals surface area contributed by atoms with E-state index in [1.165, 1.54) is 0 Å². The van der Waals surface area contributed by atoms with Gasteiger partial charge in [-0.25, -0.2) is 0 Å². The molecule has 3 heteroatoms. The zero-order chi connectivity index (χ0) is 14.6. The third kappa shape index (κ3) is 3.20. The topological polar surface area (TPSA) is 29.1 Å². The van der Waals surface area contributed by atoms with Gasteiger partial charge in [0, 0.05) is 11.4 Å². The highest BCUT2D eigenvalue weighted by atomic mass is 35.5. The van der Waals surface area contributed by atoms with Gasteiger partial charge in [-0.15, -0.1) is 11.6 Å². The fraction of sp³-hybridized carbons (Fsp3) is 0.235. The Morgan fingerprint density at radius 2 is 1.70 bits per heavy atom. The van der Waals surface area contributed by atoms with Gasteiger partial charge >= 0.3 is 0 Å². The summed E-state index contributed by atoms with van der Waals surface area (Å²) in [5.41, 5.74) is 2.19. The minimum atomic E-state index is -0.579. The highest BCUT2D eigenvalue weighted by molar-refractivity contribution is 6.19. The maximum atomic E-state index is 12.3. The Morgan fingerprint density at radius 3 is 2.25 bits per heavy atom. The van der Waals surface area contributed by atoms with E-state index in [0.29, 0.717) is 11.4 Å². The van der Waals surface area contributed by atoms with Crippen molar-refractivity contribution in [2.24, 2.45) is 0 Å². The lowest BCUT2D eigenvalue weighted by Crippen LogP contribution is -2.45. The van der Waals surface area contributed by atoms with Gasteiger partial charge in [0.1, 0.15) is 0 Å². The molecule has 0 fully saturated rings. The van der Waals surface area contributed by atoms with Crippen LogP contribution in [0.2, 0.25) is 0 Å². The van der Waals surface area contributed by atoms with Gasteiger partial charge in [-0.3, -0.25) is 4.79 Å². The second-order valence-electron chi connectivity index (χ2n) is 5.15. The number of carbonyl (C=O) groups is 1. The molecule has 0 saturated carbocycles. The molecule has 0 aliphatic rings. The predicted molar refractivity (Wildman–Crippen MR) is 83.2 cm³/mol. The lowest BCUT2D eigenvalue weighted by Gasteiger charge is -2.29. The Bertz CT molecular complexity index is 580. The summed E-state index contributed by atoms with van der Waals surface area (Å²) in [6, 6.07) is 17.3. The Morgan fingerprint density at radius 1 is 1.10 bits per heavy atom. The van der Waals surface area contributed by atoms with Crippen LogP contribution in [0.4, 0.5) is 0 Å². The van der Waals surface area contributed by atoms with E-state index in [0.717, 1.165) is 11.1 Å². The summed E-state index contributed by atoms with van der Waals surface area (Å²) in [7, 11) is 0. The van der Waals surface area contributed by atoms with E-state index >= 15 is 0 Å². The van der Waals surface area contributed by atoms with Crippen LogP contribution in [0, 0.1) is 6.92 Å². The van der Waals surface area contributed by atoms with E-state index in [9.17, 15) is 4.79 Å². The quantitative estimate of drug-likeness (QED) is 0.850. The number of amides is 1. The van der Waals surface area contributed by atoms with Gasteiger partial charge in [-0.2, -0.15) is 0 Å². The molecule has 0 heterocycles. The zero-order valence-electron chi connectivity index (χ0n) is 11.7. The summed E-state index contributed by atoms with van der Waals surface area (Å²) in [6.45, 7) is 3.93. The molecule has 2 aromatic carbocycles. The number of hydrogen-bond acceptors (Lipinski definition) is 1. The van der Waals surface area contributed by atoms with E-state index in [1.54, 1.807) is 0 Å². The summed E-state index contributed by atoms with van der Waals surface area (Å²) in [5, 5.41) is 3.02. The second kappa shape index (κ2) is 6.10. The molecule has 2 nitrogen and oxygen atoms in total. The van der Waals surface area contributed by atoms with Gasteiger partial charge in [0.05, 0.1) is 5.54 Å². The van der Waals surface area contributed by atoms with Crippen molar-refractivity contribution in [3.63, 3.8) is 0 Å². The highest BCUT2D eigenvalue weighted by Crippen LogP contribution is 2.22. The van der Waals surface area contributed by atoms with Gasteiger partial charge in [-0.1, -0.05) is 48.0 Å². The SMILES string of the molecule is Cc1ccc(C(=O)NC(C)(CCl)c2ccccc2)cc1. The Hall–Kier alpha value is -1.80. The highest BCUT2D eigenvalue weighted by Gasteiger charge is 2.27. The molecule has 104 valence electrons. The van der Waals surface area contributed by atoms with Gasteiger partial charge in [0.25, 0.3) is 5.91 Å². The minimum absolute atomic E-state index is 0.114. The summed E-state index contributed by atoms with van der Waals surface area (Å²) in [4.78, 5) is 12.3. The van der Waals surface area contributed by atoms with Crippen molar-refractivity contribution in [3.05, 3.63) is 71.3 Å². The third-order valence-corrected chi connectivity index (χ3v) is 3.92. The molecule has 1 atom stereocenters. The average Bonchev–Trinajstić information content (AvgIpc) is 2.48. The lowest BCUT2D eigenvalue weighted by atomic mass is 9.93. The number of halogens is 1. The van der Waals surface area contributed by atoms with Crippen LogP contribution in [0.25, 0.3) is 0 Å². The lowest BCUT2D eigenvalue weighted by molar-refractivity contribution is 0.0913. The summed E-state index contributed by atoms with van der Waals surface area (Å²) < 4.78 is 0. The van der Waals surface area contributed by atoms with Crippen molar-refractivity contribution in [1.82, 2.24) is 5.32 Å². The van der Waals surface area contributed by atoms with Crippen molar-refractivity contribution in [1.29, 1.82) is 0 Å². The molecule has 0 radical (unpaired) electrons. The van der Waals surface area contributed by atoms with Crippen molar-refractivity contribution >= 4 is 17.5 Å². The molecule has 0 aliphatic heterocycles. The molecule has 2 aromatic rings. The molecular weight excluding hydrogens is 270 g/mol. The third-order valence-electron chi connectivity index (χ3n) is 3.38. The largest absolute Gasteiger partial charge is 0.342 e. The predicted octanol–water partition coefficient (Wildman–Crippen LogP) is 3.88. The standard InChI is InChI=1S/C17H18ClNO/c1-13-8-10-14(11-9-13)16(20)19-17(2,12-18)15-6-4-3-5-7-15/h3-11H,12H2,1-2H3,(H,19,20). The normalized spacial score (nSPS) is 13.6. The monoisotopic (exact) mass is 287 g/mol. The summed E-state index contributed by atoms with van der Waals surface area (Å²) >= 11 is 6.09. The van der Waals surface area contributed by atoms with Gasteiger partial charge in [0.15, 0.2) is 0 Å². The second-order valence-corrected chi connectivity index (χ2v) is 5.42. The number of alkyl halides is 1. The first-order chi connectivity index (χ1) is 9.55. The molecule has 0 spiro atoms. The van der Waals surface area contributed by atoms with Crippen LogP contribution >= 0.6 is 11.6 Å². The van der Waals surface area contributed by atoms with Crippen LogP contribution in [0.3, 0.4) is 0 Å². The van der Waals surface area contributed by atoms with E-state index < -0.39 is 5.54 Å². The number of nitrogens with one attached hydrogen (secondary N) is 1.